The van der Waals surface area contributed by atoms with Gasteiger partial charge in [-0.05, 0) is 73.9 Å². The van der Waals surface area contributed by atoms with Crippen LogP contribution in [-0.4, -0.2) is 67.5 Å². The number of hydrogen-bond donors (Lipinski definition) is 1. The first kappa shape index (κ1) is 27.8. The van der Waals surface area contributed by atoms with Crippen LogP contribution in [0.5, 0.6) is 0 Å². The lowest BCUT2D eigenvalue weighted by molar-refractivity contribution is 0.0471. The summed E-state index contributed by atoms with van der Waals surface area (Å²) in [6, 6.07) is 23.0. The molecule has 0 spiro atoms. The molecule has 4 heterocycles. The van der Waals surface area contributed by atoms with Gasteiger partial charge in [-0.25, -0.2) is 9.37 Å². The van der Waals surface area contributed by atoms with Gasteiger partial charge in [0.05, 0.1) is 11.2 Å². The van der Waals surface area contributed by atoms with Crippen LogP contribution in [0.3, 0.4) is 0 Å². The topological polar surface area (TPSA) is 89.4 Å². The van der Waals surface area contributed by atoms with E-state index in [0.717, 1.165) is 36.0 Å². The van der Waals surface area contributed by atoms with Gasteiger partial charge in [0.1, 0.15) is 11.3 Å². The number of nitrogens with zero attached hydrogens (tertiary/aromatic N) is 5. The van der Waals surface area contributed by atoms with Gasteiger partial charge in [0.2, 0.25) is 0 Å². The van der Waals surface area contributed by atoms with Crippen LogP contribution in [-0.2, 0) is 13.1 Å². The quantitative estimate of drug-likeness (QED) is 0.260. The molecular weight excluding hydrogens is 579 g/mol. The fourth-order valence-electron chi connectivity index (χ4n) is 8.19. The normalized spacial score (nSPS) is 22.7. The number of para-hydroxylation sites is 1. The summed E-state index contributed by atoms with van der Waals surface area (Å²) >= 11 is 0. The zero-order valence-corrected chi connectivity index (χ0v) is 25.7. The molecule has 4 aliphatic rings. The molecule has 2 N–H and O–H groups in total. The molecule has 2 aliphatic carbocycles. The molecular formula is C37H37FN6O2. The standard InChI is InChI=1S/C37H37FN6O2/c38-28-14-27(37(46)43-21-26-12-13-31(43)33(26)39)15-29-34(28)44(20-23-17-41(18-23)36(45)24-6-2-1-3-7-24)35(40-29)32-16-25-8-4-5-9-30(25)42(32)19-22-10-11-22/h1-9,14-16,22-23,26,31,33H,10-13,17-21,39H2/t26?,31?,33-/m1/s1. The Bertz CT molecular complexity index is 2010. The highest BCUT2D eigenvalue weighted by atomic mass is 19.1. The van der Waals surface area contributed by atoms with Gasteiger partial charge in [0.15, 0.2) is 5.82 Å². The molecule has 2 bridgehead atoms. The first-order valence-corrected chi connectivity index (χ1v) is 16.6. The fourth-order valence-corrected chi connectivity index (χ4v) is 8.19. The Labute approximate surface area is 266 Å². The van der Waals surface area contributed by atoms with E-state index in [-0.39, 0.29) is 29.8 Å². The molecule has 2 aliphatic heterocycles. The molecule has 2 aromatic heterocycles. The molecule has 9 heteroatoms. The van der Waals surface area contributed by atoms with Gasteiger partial charge in [0, 0.05) is 72.8 Å². The highest BCUT2D eigenvalue weighted by Gasteiger charge is 2.47. The van der Waals surface area contributed by atoms with Crippen molar-refractivity contribution in [3.05, 3.63) is 89.7 Å². The molecule has 3 aromatic carbocycles. The average molecular weight is 617 g/mol. The molecule has 2 amide bonds. The maximum Gasteiger partial charge on any atom is 0.254 e. The van der Waals surface area contributed by atoms with Crippen LogP contribution in [0.2, 0.25) is 0 Å². The fraction of sp³-hybridized carbons (Fsp3) is 0.378. The zero-order valence-electron chi connectivity index (χ0n) is 25.7. The molecule has 5 aromatic rings. The second-order valence-corrected chi connectivity index (χ2v) is 13.9. The van der Waals surface area contributed by atoms with Crippen LogP contribution in [0.1, 0.15) is 46.4 Å². The molecule has 4 fully saturated rings. The molecule has 46 heavy (non-hydrogen) atoms. The summed E-state index contributed by atoms with van der Waals surface area (Å²) in [6.45, 7) is 3.22. The Kier molecular flexibility index (Phi) is 6.35. The van der Waals surface area contributed by atoms with E-state index in [1.807, 2.05) is 50.8 Å². The second kappa shape index (κ2) is 10.5. The lowest BCUT2D eigenvalue weighted by atomic mass is 9.98. The maximum atomic E-state index is 16.3. The number of piperidine rings is 1. The zero-order chi connectivity index (χ0) is 31.1. The molecule has 3 atom stereocenters. The first-order chi connectivity index (χ1) is 22.4. The Morgan fingerprint density at radius 2 is 1.57 bits per heavy atom. The summed E-state index contributed by atoms with van der Waals surface area (Å²) < 4.78 is 20.7. The number of hydrogen-bond acceptors (Lipinski definition) is 4. The molecule has 0 radical (unpaired) electrons. The third-order valence-electron chi connectivity index (χ3n) is 10.8. The summed E-state index contributed by atoms with van der Waals surface area (Å²) in [5, 5.41) is 1.12. The van der Waals surface area contributed by atoms with Crippen LogP contribution < -0.4 is 5.73 Å². The lowest BCUT2D eigenvalue weighted by Crippen LogP contribution is -2.51. The second-order valence-electron chi connectivity index (χ2n) is 13.9. The van der Waals surface area contributed by atoms with E-state index in [0.29, 0.717) is 66.0 Å². The van der Waals surface area contributed by atoms with Crippen molar-refractivity contribution in [2.24, 2.45) is 23.5 Å². The van der Waals surface area contributed by atoms with E-state index in [4.69, 9.17) is 10.7 Å². The van der Waals surface area contributed by atoms with Gasteiger partial charge in [-0.3, -0.25) is 9.59 Å². The van der Waals surface area contributed by atoms with Crippen LogP contribution in [0.15, 0.2) is 72.8 Å². The van der Waals surface area contributed by atoms with E-state index < -0.39 is 5.82 Å². The number of halogens is 1. The summed E-state index contributed by atoms with van der Waals surface area (Å²) in [5.41, 5.74) is 10.4. The number of amides is 2. The molecule has 9 rings (SSSR count). The SMILES string of the molecule is N[C@@H]1C2CCC1N(C(=O)c1cc(F)c3c(c1)nc(-c1cc4ccccc4n1CC1CC1)n3CC1CN(C(=O)c3ccccc3)C1)C2. The van der Waals surface area contributed by atoms with E-state index in [1.165, 1.54) is 18.9 Å². The Hall–Kier alpha value is -4.50. The van der Waals surface area contributed by atoms with E-state index in [2.05, 4.69) is 28.8 Å². The third kappa shape index (κ3) is 4.47. The van der Waals surface area contributed by atoms with Crippen LogP contribution in [0.4, 0.5) is 4.39 Å². The van der Waals surface area contributed by atoms with Crippen LogP contribution in [0, 0.1) is 23.6 Å². The molecule has 2 unspecified atom stereocenters. The smallest absolute Gasteiger partial charge is 0.254 e. The van der Waals surface area contributed by atoms with Gasteiger partial charge in [-0.1, -0.05) is 36.4 Å². The number of nitrogens with two attached hydrogens (primary N) is 1. The van der Waals surface area contributed by atoms with Crippen LogP contribution in [0.25, 0.3) is 33.5 Å². The van der Waals surface area contributed by atoms with E-state index in [9.17, 15) is 9.59 Å². The summed E-state index contributed by atoms with van der Waals surface area (Å²) in [5.74, 6) is 1.18. The Morgan fingerprint density at radius 3 is 2.30 bits per heavy atom. The number of fused-ring (bicyclic) bond motifs is 4. The van der Waals surface area contributed by atoms with Crippen molar-refractivity contribution in [3.63, 3.8) is 0 Å². The summed E-state index contributed by atoms with van der Waals surface area (Å²) in [7, 11) is 0. The van der Waals surface area contributed by atoms with Gasteiger partial charge in [-0.15, -0.1) is 0 Å². The number of aromatic nitrogens is 3. The largest absolute Gasteiger partial charge is 0.338 e. The molecule has 2 saturated heterocycles. The number of likely N-dealkylation sites (tertiary alicyclic amines) is 2. The number of carbonyl (C=O) groups excluding carboxylic acids is 2. The monoisotopic (exact) mass is 616 g/mol. The Balaban J connectivity index is 1.11. The number of benzene rings is 3. The van der Waals surface area contributed by atoms with Crippen molar-refractivity contribution in [3.8, 4) is 11.5 Å². The summed E-state index contributed by atoms with van der Waals surface area (Å²) in [6.07, 6.45) is 4.36. The Morgan fingerprint density at radius 1 is 0.804 bits per heavy atom. The van der Waals surface area contributed by atoms with E-state index in [1.54, 1.807) is 6.07 Å². The van der Waals surface area contributed by atoms with Crippen molar-refractivity contribution in [1.82, 2.24) is 23.9 Å². The van der Waals surface area contributed by atoms with Crippen molar-refractivity contribution in [1.29, 1.82) is 0 Å². The summed E-state index contributed by atoms with van der Waals surface area (Å²) in [4.78, 5) is 35.6. The minimum Gasteiger partial charge on any atom is -0.338 e. The average Bonchev–Trinajstić information content (AvgIpc) is 3.40. The number of carbonyl (C=O) groups is 2. The third-order valence-corrected chi connectivity index (χ3v) is 10.8. The predicted octanol–water partition coefficient (Wildman–Crippen LogP) is 5.54. The highest BCUT2D eigenvalue weighted by molar-refractivity contribution is 5.99. The number of imidazole rings is 1. The molecule has 234 valence electrons. The predicted molar refractivity (Wildman–Crippen MR) is 175 cm³/mol. The van der Waals surface area contributed by atoms with E-state index >= 15 is 4.39 Å². The first-order valence-electron chi connectivity index (χ1n) is 16.6. The van der Waals surface area contributed by atoms with Crippen molar-refractivity contribution < 1.29 is 14.0 Å². The molecule has 8 nitrogen and oxygen atoms in total. The minimum absolute atomic E-state index is 0.00691. The van der Waals surface area contributed by atoms with Crippen molar-refractivity contribution in [2.75, 3.05) is 19.6 Å². The highest BCUT2D eigenvalue weighted by Crippen LogP contribution is 2.40. The van der Waals surface area contributed by atoms with Crippen LogP contribution >= 0.6 is 0 Å². The van der Waals surface area contributed by atoms with Gasteiger partial charge in [-0.2, -0.15) is 0 Å². The minimum atomic E-state index is -0.449. The maximum absolute atomic E-state index is 16.3. The van der Waals surface area contributed by atoms with Gasteiger partial charge >= 0.3 is 0 Å². The van der Waals surface area contributed by atoms with Crippen molar-refractivity contribution >= 4 is 33.8 Å². The van der Waals surface area contributed by atoms with Gasteiger partial charge in [0.25, 0.3) is 11.8 Å². The van der Waals surface area contributed by atoms with Crippen molar-refractivity contribution in [2.45, 2.75) is 50.9 Å². The number of rotatable bonds is 7. The molecule has 2 saturated carbocycles. The lowest BCUT2D eigenvalue weighted by Gasteiger charge is -2.39. The van der Waals surface area contributed by atoms with Gasteiger partial charge < -0.3 is 24.7 Å².